The molecule has 1 heterocycles. The molecule has 0 radical (unpaired) electrons. The van der Waals surface area contributed by atoms with Crippen molar-refractivity contribution < 1.29 is 28.5 Å². The average molecular weight is 509 g/mol. The van der Waals surface area contributed by atoms with Crippen molar-refractivity contribution in [2.45, 2.75) is 58.3 Å². The second-order valence-electron chi connectivity index (χ2n) is 10.4. The minimum Gasteiger partial charge on any atom is -0.496 e. The van der Waals surface area contributed by atoms with Crippen LogP contribution in [0.4, 0.5) is 4.79 Å². The monoisotopic (exact) mass is 508 g/mol. The molecule has 0 aromatic heterocycles. The van der Waals surface area contributed by atoms with Gasteiger partial charge < -0.3 is 29.2 Å². The average Bonchev–Trinajstić information content (AvgIpc) is 3.70. The van der Waals surface area contributed by atoms with E-state index in [0.29, 0.717) is 42.4 Å². The molecule has 1 aliphatic carbocycles. The molecule has 1 saturated carbocycles. The number of methoxy groups -OCH3 is 2. The Balaban J connectivity index is 1.55. The highest BCUT2D eigenvalue weighted by atomic mass is 16.6. The van der Waals surface area contributed by atoms with Gasteiger partial charge in [0.25, 0.3) is 0 Å². The number of nitrogens with one attached hydrogen (secondary N) is 1. The lowest BCUT2D eigenvalue weighted by Crippen LogP contribution is -2.43. The molecule has 0 saturated heterocycles. The maximum Gasteiger partial charge on any atom is 0.410 e. The highest BCUT2D eigenvalue weighted by Gasteiger charge is 2.32. The summed E-state index contributed by atoms with van der Waals surface area (Å²) in [6.45, 7) is 6.55. The summed E-state index contributed by atoms with van der Waals surface area (Å²) in [5, 5.41) is 3.09. The van der Waals surface area contributed by atoms with Gasteiger partial charge in [-0.25, -0.2) is 4.79 Å². The minimum absolute atomic E-state index is 0.115. The van der Waals surface area contributed by atoms with Crippen molar-refractivity contribution in [3.63, 3.8) is 0 Å². The predicted molar refractivity (Wildman–Crippen MR) is 141 cm³/mol. The molecular weight excluding hydrogens is 472 g/mol. The van der Waals surface area contributed by atoms with Crippen LogP contribution in [0.2, 0.25) is 0 Å². The number of hydrogen-bond acceptors (Lipinski definition) is 6. The van der Waals surface area contributed by atoms with E-state index in [1.54, 1.807) is 25.2 Å². The Morgan fingerprint density at radius 1 is 1.00 bits per heavy atom. The summed E-state index contributed by atoms with van der Waals surface area (Å²) in [4.78, 5) is 27.6. The Kier molecular flexibility index (Phi) is 7.95. The molecule has 37 heavy (non-hydrogen) atoms. The Morgan fingerprint density at radius 2 is 1.68 bits per heavy atom. The molecule has 1 N–H and O–H groups in total. The number of carbonyl (C=O) groups is 2. The van der Waals surface area contributed by atoms with Crippen molar-refractivity contribution in [1.29, 1.82) is 0 Å². The van der Waals surface area contributed by atoms with Crippen LogP contribution in [0.5, 0.6) is 17.2 Å². The van der Waals surface area contributed by atoms with Gasteiger partial charge in [0.2, 0.25) is 5.91 Å². The van der Waals surface area contributed by atoms with Gasteiger partial charge in [0.15, 0.2) is 0 Å². The number of carbonyl (C=O) groups excluding carboxylic acids is 2. The summed E-state index contributed by atoms with van der Waals surface area (Å²) in [5.41, 5.74) is 2.87. The standard InChI is InChI=1S/C29H36N2O6/c1-29(2,3)37-28(33)31-12-11-25(26(17-31)27(32)30-21-9-10-21)20-8-6-7-19(13-20)18-36-24-15-22(34-4)14-23(16-24)35-5/h6-8,13-16,21H,9-12,17-18H2,1-5H3,(H,30,32). The van der Waals surface area contributed by atoms with E-state index in [2.05, 4.69) is 5.32 Å². The van der Waals surface area contributed by atoms with Crippen molar-refractivity contribution in [3.8, 4) is 17.2 Å². The summed E-state index contributed by atoms with van der Waals surface area (Å²) in [7, 11) is 3.20. The van der Waals surface area contributed by atoms with E-state index in [0.717, 1.165) is 29.5 Å². The van der Waals surface area contributed by atoms with Crippen LogP contribution in [-0.4, -0.2) is 55.9 Å². The lowest BCUT2D eigenvalue weighted by molar-refractivity contribution is -0.117. The number of hydrogen-bond donors (Lipinski definition) is 1. The number of nitrogens with zero attached hydrogens (tertiary/aromatic N) is 1. The molecule has 2 aromatic rings. The van der Waals surface area contributed by atoms with Gasteiger partial charge in [0.05, 0.1) is 20.8 Å². The second kappa shape index (κ2) is 11.2. The molecule has 2 amide bonds. The van der Waals surface area contributed by atoms with Gasteiger partial charge in [-0.15, -0.1) is 0 Å². The third-order valence-electron chi connectivity index (χ3n) is 6.19. The van der Waals surface area contributed by atoms with Gasteiger partial charge >= 0.3 is 6.09 Å². The highest BCUT2D eigenvalue weighted by molar-refractivity contribution is 6.03. The molecule has 8 nitrogen and oxygen atoms in total. The number of ether oxygens (including phenoxy) is 4. The Morgan fingerprint density at radius 3 is 2.30 bits per heavy atom. The zero-order valence-electron chi connectivity index (χ0n) is 22.3. The maximum absolute atomic E-state index is 13.2. The molecule has 4 rings (SSSR count). The fraction of sp³-hybridized carbons (Fsp3) is 0.448. The Labute approximate surface area is 218 Å². The van der Waals surface area contributed by atoms with E-state index < -0.39 is 11.7 Å². The van der Waals surface area contributed by atoms with Crippen LogP contribution < -0.4 is 19.5 Å². The van der Waals surface area contributed by atoms with Gasteiger partial charge in [-0.2, -0.15) is 0 Å². The number of amides is 2. The fourth-order valence-electron chi connectivity index (χ4n) is 4.15. The lowest BCUT2D eigenvalue weighted by Gasteiger charge is -2.32. The van der Waals surface area contributed by atoms with E-state index in [-0.39, 0.29) is 18.5 Å². The molecule has 8 heteroatoms. The van der Waals surface area contributed by atoms with E-state index in [1.807, 2.05) is 57.2 Å². The minimum atomic E-state index is -0.599. The SMILES string of the molecule is COc1cc(OC)cc(OCc2cccc(C3=C(C(=O)NC4CC4)CN(C(=O)OC(C)(C)C)CC3)c2)c1. The fourth-order valence-corrected chi connectivity index (χ4v) is 4.15. The summed E-state index contributed by atoms with van der Waals surface area (Å²) in [5.74, 6) is 1.82. The van der Waals surface area contributed by atoms with Crippen molar-refractivity contribution in [1.82, 2.24) is 10.2 Å². The summed E-state index contributed by atoms with van der Waals surface area (Å²) in [6, 6.07) is 13.6. The van der Waals surface area contributed by atoms with E-state index in [9.17, 15) is 9.59 Å². The van der Waals surface area contributed by atoms with E-state index >= 15 is 0 Å². The van der Waals surface area contributed by atoms with Crippen molar-refractivity contribution >= 4 is 17.6 Å². The van der Waals surface area contributed by atoms with Gasteiger partial charge in [-0.3, -0.25) is 4.79 Å². The maximum atomic E-state index is 13.2. The lowest BCUT2D eigenvalue weighted by atomic mass is 9.92. The largest absolute Gasteiger partial charge is 0.496 e. The normalized spacial score (nSPS) is 15.8. The summed E-state index contributed by atoms with van der Waals surface area (Å²) >= 11 is 0. The van der Waals surface area contributed by atoms with Crippen molar-refractivity contribution in [2.75, 3.05) is 27.3 Å². The molecule has 198 valence electrons. The molecule has 1 fully saturated rings. The van der Waals surface area contributed by atoms with Crippen molar-refractivity contribution in [3.05, 3.63) is 59.2 Å². The molecule has 2 aromatic carbocycles. The van der Waals surface area contributed by atoms with Crippen LogP contribution in [-0.2, 0) is 16.1 Å². The zero-order chi connectivity index (χ0) is 26.6. The predicted octanol–water partition coefficient (Wildman–Crippen LogP) is 4.96. The first-order valence-corrected chi connectivity index (χ1v) is 12.6. The first-order chi connectivity index (χ1) is 17.6. The number of benzene rings is 2. The Bertz CT molecular complexity index is 1160. The Hall–Kier alpha value is -3.68. The van der Waals surface area contributed by atoms with Gasteiger partial charge in [-0.1, -0.05) is 18.2 Å². The van der Waals surface area contributed by atoms with Crippen LogP contribution in [0.15, 0.2) is 48.0 Å². The van der Waals surface area contributed by atoms with Gasteiger partial charge in [-0.05, 0) is 62.8 Å². The van der Waals surface area contributed by atoms with E-state index in [1.165, 1.54) is 0 Å². The molecule has 0 atom stereocenters. The van der Waals surface area contributed by atoms with Crippen LogP contribution in [0.25, 0.3) is 5.57 Å². The van der Waals surface area contributed by atoms with Gasteiger partial charge in [0, 0.05) is 36.4 Å². The number of rotatable bonds is 8. The third-order valence-corrected chi connectivity index (χ3v) is 6.19. The highest BCUT2D eigenvalue weighted by Crippen LogP contribution is 2.31. The molecule has 2 aliphatic rings. The van der Waals surface area contributed by atoms with Gasteiger partial charge in [0.1, 0.15) is 29.5 Å². The topological polar surface area (TPSA) is 86.3 Å². The second-order valence-corrected chi connectivity index (χ2v) is 10.4. The van der Waals surface area contributed by atoms with E-state index in [4.69, 9.17) is 18.9 Å². The summed E-state index contributed by atoms with van der Waals surface area (Å²) in [6.07, 6.45) is 2.14. The van der Waals surface area contributed by atoms with Crippen molar-refractivity contribution in [2.24, 2.45) is 0 Å². The first-order valence-electron chi connectivity index (χ1n) is 12.6. The quantitative estimate of drug-likeness (QED) is 0.543. The molecular formula is C29H36N2O6. The molecule has 0 bridgehead atoms. The third kappa shape index (κ3) is 7.18. The van der Waals surface area contributed by atoms with Crippen LogP contribution in [0.1, 0.15) is 51.2 Å². The van der Waals surface area contributed by atoms with Crippen LogP contribution in [0.3, 0.4) is 0 Å². The molecule has 1 aliphatic heterocycles. The molecule has 0 unspecified atom stereocenters. The molecule has 0 spiro atoms. The smallest absolute Gasteiger partial charge is 0.410 e. The van der Waals surface area contributed by atoms with Crippen LogP contribution in [0, 0.1) is 0 Å². The first kappa shape index (κ1) is 26.4. The zero-order valence-corrected chi connectivity index (χ0v) is 22.3. The summed E-state index contributed by atoms with van der Waals surface area (Å²) < 4.78 is 22.2. The van der Waals surface area contributed by atoms with Crippen LogP contribution >= 0.6 is 0 Å².